The normalized spacial score (nSPS) is 15.1. The molecule has 1 heterocycles. The van der Waals surface area contributed by atoms with Crippen LogP contribution in [0, 0.1) is 5.92 Å². The molecule has 15 amide bonds. The predicted octanol–water partition coefficient (Wildman–Crippen LogP) is -4.12. The number of aliphatic hydroxyl groups excluding tert-OH is 1. The van der Waals surface area contributed by atoms with Crippen LogP contribution >= 0.6 is 0 Å². The minimum Gasteiger partial charge on any atom is -0.508 e. The number of guanidine groups is 2. The van der Waals surface area contributed by atoms with Gasteiger partial charge in [-0.3, -0.25) is 81.9 Å². The summed E-state index contributed by atoms with van der Waals surface area (Å²) in [5.41, 5.74) is 42.7. The standard InChI is InChI=1S/C90H129N23O20/c1-5-51(2)75(112-83(128)67(21-14-42-100-90(96)97)106-84(129)69(46-56-25-33-60(117)34-26-56)110-85(130)70(47-57-27-35-61(118)36-28-57)109-81(126)65(103-53(4)115)20-13-41-99-89(94)95)87(132)107-66(19-9-11-39-91)82(127)105-64(76(93)121)18-10-12-40-98-80(125)72(50-114)111-86(131)73-22-15-43-113(73)88(133)71(48-58-29-37-62(119)38-30-58)104-74(120)49-101-79(124)68(45-54-16-7-6-8-17-54)108-77(122)52(3)102-78(123)63(92)44-55-23-31-59(116)32-24-55/h6-8,16-17,23-38,51-52,63-73,75,114,116-119H,5,9-15,18-22,39-50,91-92H2,1-4H3,(H2,93,121)(H,98,125)(H,101,124)(H,102,123)(H,103,115)(H,104,120)(H,105,127)(H,106,129)(H,107,132)(H,108,122)(H,109,126)(H,110,130)(H,111,131)(H,112,128)(H4,94,95,99)(H4,96,97,100)/t51-,52-,63-,64-,65-,66-,67-,68-,69-,70-,71-,72-,73-,75-/m0/s1. The van der Waals surface area contributed by atoms with Gasteiger partial charge >= 0.3 is 0 Å². The first-order chi connectivity index (χ1) is 63.3. The molecule has 0 unspecified atom stereocenters. The van der Waals surface area contributed by atoms with Gasteiger partial charge in [0.1, 0.15) is 95.5 Å². The summed E-state index contributed by atoms with van der Waals surface area (Å²) in [6.45, 7) is 4.50. The molecule has 133 heavy (non-hydrogen) atoms. The molecule has 1 fully saturated rings. The number of nitrogens with zero attached hydrogens (tertiary/aromatic N) is 3. The minimum atomic E-state index is -1.56. The van der Waals surface area contributed by atoms with Crippen molar-refractivity contribution >= 4 is 101 Å². The second kappa shape index (κ2) is 55.7. The number of aromatic hydroxyl groups is 4. The summed E-state index contributed by atoms with van der Waals surface area (Å²) >= 11 is 0. The van der Waals surface area contributed by atoms with Gasteiger partial charge in [0.15, 0.2) is 11.9 Å². The third-order valence-electron chi connectivity index (χ3n) is 22.0. The van der Waals surface area contributed by atoms with Crippen LogP contribution in [0.25, 0.3) is 0 Å². The lowest BCUT2D eigenvalue weighted by Gasteiger charge is -2.30. The van der Waals surface area contributed by atoms with Crippen molar-refractivity contribution in [2.45, 2.75) is 222 Å². The Bertz CT molecular complexity index is 4760. The van der Waals surface area contributed by atoms with Gasteiger partial charge in [-0.25, -0.2) is 0 Å². The highest BCUT2D eigenvalue weighted by molar-refractivity contribution is 6.00. The number of phenolic OH excluding ortho intramolecular Hbond substituents is 4. The molecule has 0 aromatic heterocycles. The summed E-state index contributed by atoms with van der Waals surface area (Å²) in [6.07, 6.45) is 0.943. The smallest absolute Gasteiger partial charge is 0.246 e. The van der Waals surface area contributed by atoms with Crippen molar-refractivity contribution in [3.05, 3.63) is 155 Å². The molecule has 0 bridgehead atoms. The minimum absolute atomic E-state index is 0.0140. The molecule has 0 spiro atoms. The first-order valence-electron chi connectivity index (χ1n) is 44.1. The highest BCUT2D eigenvalue weighted by atomic mass is 16.3. The average Bonchev–Trinajstić information content (AvgIpc) is 1.60. The van der Waals surface area contributed by atoms with Crippen LogP contribution in [0.2, 0.25) is 0 Å². The van der Waals surface area contributed by atoms with Gasteiger partial charge in [0.05, 0.1) is 19.2 Å². The molecule has 43 heteroatoms. The number of nitrogens with one attached hydrogen (secondary N) is 13. The zero-order valence-corrected chi connectivity index (χ0v) is 75.1. The van der Waals surface area contributed by atoms with Gasteiger partial charge in [0, 0.05) is 58.8 Å². The number of unbranched alkanes of at least 4 members (excludes halogenated alkanes) is 2. The number of likely N-dealkylation sites (tertiary alicyclic amines) is 1. The van der Waals surface area contributed by atoms with E-state index in [1.54, 1.807) is 56.3 Å². The number of nitrogens with two attached hydrogens (primary N) is 7. The molecule has 5 aromatic rings. The maximum atomic E-state index is 15.0. The lowest BCUT2D eigenvalue weighted by molar-refractivity contribution is -0.142. The number of rotatable bonds is 56. The van der Waals surface area contributed by atoms with Crippen molar-refractivity contribution in [3.8, 4) is 23.0 Å². The van der Waals surface area contributed by atoms with E-state index in [0.717, 1.165) is 0 Å². The monoisotopic (exact) mass is 1850 g/mol. The molecule has 724 valence electrons. The molecular weight excluding hydrogens is 1720 g/mol. The van der Waals surface area contributed by atoms with E-state index in [9.17, 15) is 97.5 Å². The van der Waals surface area contributed by atoms with Gasteiger partial charge in [-0.1, -0.05) is 99.1 Å². The SMILES string of the molecule is CC[C@H](C)[C@H](NC(=O)[C@H](CCCN=C(N)N)NC(=O)[C@H](Cc1ccc(O)cc1)NC(=O)[C@H](Cc1ccc(O)cc1)NC(=O)[C@H](CCCN=C(N)N)NC(C)=O)C(=O)N[C@@H](CCCCN)C(=O)N[C@@H](CCCCNC(=O)[C@H](CO)NC(=O)[C@@H]1CCCN1C(=O)[C@H](Cc1ccc(O)cc1)NC(=O)CNC(=O)[C@H](Cc1ccccc1)NC(=O)[C@H](C)NC(=O)[C@@H](N)Cc1ccc(O)cc1)C(N)=O. The molecule has 0 aliphatic carbocycles. The van der Waals surface area contributed by atoms with Crippen LogP contribution in [-0.4, -0.2) is 255 Å². The van der Waals surface area contributed by atoms with Gasteiger partial charge in [-0.2, -0.15) is 0 Å². The van der Waals surface area contributed by atoms with E-state index in [1.165, 1.54) is 104 Å². The van der Waals surface area contributed by atoms with Gasteiger partial charge in [-0.15, -0.1) is 0 Å². The fourth-order valence-electron chi connectivity index (χ4n) is 14.4. The Morgan fingerprint density at radius 2 is 0.827 bits per heavy atom. The Labute approximate surface area is 770 Å². The van der Waals surface area contributed by atoms with Crippen molar-refractivity contribution < 1.29 is 97.5 Å². The number of hydrogen-bond donors (Lipinski definition) is 25. The van der Waals surface area contributed by atoms with Crippen LogP contribution in [0.5, 0.6) is 23.0 Å². The van der Waals surface area contributed by atoms with E-state index in [2.05, 4.69) is 79.1 Å². The number of amides is 15. The molecule has 0 radical (unpaired) electrons. The van der Waals surface area contributed by atoms with Crippen LogP contribution in [0.1, 0.15) is 139 Å². The quantitative estimate of drug-likeness (QED) is 0.00999. The summed E-state index contributed by atoms with van der Waals surface area (Å²) in [6, 6.07) is 14.2. The lowest BCUT2D eigenvalue weighted by atomic mass is 9.96. The fourth-order valence-corrected chi connectivity index (χ4v) is 14.4. The largest absolute Gasteiger partial charge is 0.508 e. The number of phenols is 4. The highest BCUT2D eigenvalue weighted by Crippen LogP contribution is 2.23. The first-order valence-corrected chi connectivity index (χ1v) is 44.1. The fraction of sp³-hybridized carbons (Fsp3) is 0.478. The molecule has 0 saturated carbocycles. The van der Waals surface area contributed by atoms with Gasteiger partial charge in [0.25, 0.3) is 0 Å². The average molecular weight is 1850 g/mol. The number of hydrogen-bond acceptors (Lipinski definition) is 24. The summed E-state index contributed by atoms with van der Waals surface area (Å²) in [7, 11) is 0. The Morgan fingerprint density at radius 1 is 0.421 bits per heavy atom. The maximum Gasteiger partial charge on any atom is 0.246 e. The van der Waals surface area contributed by atoms with Crippen molar-refractivity contribution in [2.75, 3.05) is 45.9 Å². The topological polar surface area (TPSA) is 724 Å². The third kappa shape index (κ3) is 38.0. The Balaban J connectivity index is 1.09. The van der Waals surface area contributed by atoms with Crippen LogP contribution in [0.3, 0.4) is 0 Å². The third-order valence-corrected chi connectivity index (χ3v) is 22.0. The van der Waals surface area contributed by atoms with Gasteiger partial charge in [-0.05, 0) is 179 Å². The second-order valence-corrected chi connectivity index (χ2v) is 32.6. The summed E-state index contributed by atoms with van der Waals surface area (Å²) in [4.78, 5) is 220. The number of aliphatic imine (C=N–C) groups is 2. The lowest BCUT2D eigenvalue weighted by Crippen LogP contribution is -2.61. The Kier molecular flexibility index (Phi) is 45.0. The van der Waals surface area contributed by atoms with Gasteiger partial charge < -0.3 is 140 Å². The van der Waals surface area contributed by atoms with E-state index >= 15 is 0 Å². The van der Waals surface area contributed by atoms with Crippen molar-refractivity contribution in [3.63, 3.8) is 0 Å². The van der Waals surface area contributed by atoms with Crippen LogP contribution in [-0.2, 0) is 104 Å². The highest BCUT2D eigenvalue weighted by Gasteiger charge is 2.41. The molecule has 5 aromatic carbocycles. The molecule has 1 aliphatic heterocycles. The summed E-state index contributed by atoms with van der Waals surface area (Å²) in [5.74, 6) is -13.8. The zero-order valence-electron chi connectivity index (χ0n) is 75.1. The molecular formula is C90H129N23O20. The van der Waals surface area contributed by atoms with Crippen LogP contribution in [0.4, 0.5) is 0 Å². The number of primary amides is 1. The molecule has 43 nitrogen and oxygen atoms in total. The van der Waals surface area contributed by atoms with E-state index in [4.69, 9.17) is 40.1 Å². The Hall–Kier alpha value is -14.2. The van der Waals surface area contributed by atoms with E-state index < -0.39 is 186 Å². The van der Waals surface area contributed by atoms with E-state index in [-0.39, 0.29) is 170 Å². The first kappa shape index (κ1) is 108. The summed E-state index contributed by atoms with van der Waals surface area (Å²) < 4.78 is 0. The van der Waals surface area contributed by atoms with Crippen molar-refractivity contribution in [1.82, 2.24) is 74.0 Å². The van der Waals surface area contributed by atoms with E-state index in [0.29, 0.717) is 40.7 Å². The predicted molar refractivity (Wildman–Crippen MR) is 491 cm³/mol. The summed E-state index contributed by atoms with van der Waals surface area (Å²) in [5, 5.41) is 84.8. The van der Waals surface area contributed by atoms with Crippen LogP contribution < -0.4 is 109 Å². The number of carbonyl (C=O) groups excluding carboxylic acids is 15. The molecule has 14 atom stereocenters. The van der Waals surface area contributed by atoms with Crippen molar-refractivity contribution in [2.24, 2.45) is 56.0 Å². The van der Waals surface area contributed by atoms with E-state index in [1.807, 2.05) is 0 Å². The molecule has 6 rings (SSSR count). The number of aliphatic hydroxyl groups is 1. The van der Waals surface area contributed by atoms with Crippen molar-refractivity contribution in [1.29, 1.82) is 0 Å². The maximum absolute atomic E-state index is 15.0. The molecule has 1 saturated heterocycles. The van der Waals surface area contributed by atoms with Crippen LogP contribution in [0.15, 0.2) is 137 Å². The number of benzene rings is 5. The second-order valence-electron chi connectivity index (χ2n) is 32.6. The zero-order chi connectivity index (χ0) is 97.8. The molecule has 1 aliphatic rings. The molecule has 32 N–H and O–H groups in total. The Morgan fingerprint density at radius 3 is 1.30 bits per heavy atom. The number of carbonyl (C=O) groups is 15. The van der Waals surface area contributed by atoms with Gasteiger partial charge in [0.2, 0.25) is 88.6 Å².